The molecule has 8 aromatic rings. The summed E-state index contributed by atoms with van der Waals surface area (Å²) in [6.45, 7) is 14.2. The Morgan fingerprint density at radius 2 is 1.07 bits per heavy atom. The Balaban J connectivity index is 0.000000134. The molecule has 0 fully saturated rings. The number of benzene rings is 3. The molecule has 0 saturated carbocycles. The van der Waals surface area contributed by atoms with Crippen molar-refractivity contribution >= 4 is 46.6 Å². The summed E-state index contributed by atoms with van der Waals surface area (Å²) in [5, 5.41) is 23.8. The quantitative estimate of drug-likeness (QED) is 0.0969. The molecule has 3 aliphatic heterocycles. The second-order valence-electron chi connectivity index (χ2n) is 18.6. The first kappa shape index (κ1) is 51.7. The number of aliphatic hydroxyl groups excluding tert-OH is 1. The number of hydrogen-bond donors (Lipinski definition) is 3. The number of anilines is 1. The lowest BCUT2D eigenvalue weighted by atomic mass is 9.88. The van der Waals surface area contributed by atoms with E-state index in [0.717, 1.165) is 78.7 Å². The van der Waals surface area contributed by atoms with E-state index in [1.807, 2.05) is 73.9 Å². The lowest BCUT2D eigenvalue weighted by Crippen LogP contribution is -2.24. The lowest BCUT2D eigenvalue weighted by molar-refractivity contribution is 0.0992. The smallest absolute Gasteiger partial charge is 0.406 e. The van der Waals surface area contributed by atoms with Gasteiger partial charge in [0.15, 0.2) is 12.1 Å². The number of hydrogen-bond acceptors (Lipinski definition) is 12. The molecule has 16 heteroatoms. The number of aliphatic hydroxyl groups is 1. The molecule has 3 N–H and O–H groups in total. The Morgan fingerprint density at radius 3 is 1.55 bits per heavy atom. The molecule has 3 aliphatic rings. The largest absolute Gasteiger partial charge is 0.433 e. The Kier molecular flexibility index (Phi) is 15.3. The molecule has 0 spiro atoms. The minimum absolute atomic E-state index is 0.0432. The molecule has 11 rings (SSSR count). The SMILES string of the molecule is CB(O)Nc1ccccc1C=O.COC(C)c1cc2n(c(=O)c1C)CCC2=O.COC(C)c1cc2n(c(=O)c1C)Cc1cc3ccccc3nc1-2.Cc1c(C(C)O)cc2n(c1=O)Cc1cc3ccccc3nc1-2. The normalized spacial score (nSPS) is 13.7. The second kappa shape index (κ2) is 21.6. The lowest BCUT2D eigenvalue weighted by Gasteiger charge is -2.15. The predicted molar refractivity (Wildman–Crippen MR) is 286 cm³/mol. The van der Waals surface area contributed by atoms with Crippen LogP contribution in [0.25, 0.3) is 44.6 Å². The first-order valence-electron chi connectivity index (χ1n) is 24.2. The van der Waals surface area contributed by atoms with Crippen molar-refractivity contribution < 1.29 is 29.2 Å². The number of nitrogens with one attached hydrogen (secondary N) is 1. The summed E-state index contributed by atoms with van der Waals surface area (Å²) in [6.07, 6.45) is 0.248. The van der Waals surface area contributed by atoms with E-state index < -0.39 is 13.2 Å². The van der Waals surface area contributed by atoms with Crippen LogP contribution in [0.4, 0.5) is 5.69 Å². The van der Waals surface area contributed by atoms with E-state index in [9.17, 15) is 29.1 Å². The van der Waals surface area contributed by atoms with Gasteiger partial charge in [0.2, 0.25) is 0 Å². The average molecular weight is 983 g/mol. The molecule has 0 bridgehead atoms. The van der Waals surface area contributed by atoms with Crippen LogP contribution in [0.3, 0.4) is 0 Å². The van der Waals surface area contributed by atoms with Gasteiger partial charge in [0, 0.05) is 77.0 Å². The third-order valence-electron chi connectivity index (χ3n) is 13.8. The molecule has 8 heterocycles. The van der Waals surface area contributed by atoms with Gasteiger partial charge in [-0.15, -0.1) is 0 Å². The average Bonchev–Trinajstić information content (AvgIpc) is 4.07. The highest BCUT2D eigenvalue weighted by Gasteiger charge is 2.28. The van der Waals surface area contributed by atoms with Crippen molar-refractivity contribution in [2.24, 2.45) is 0 Å². The summed E-state index contributed by atoms with van der Waals surface area (Å²) in [6, 6.07) is 33.0. The van der Waals surface area contributed by atoms with Crippen molar-refractivity contribution in [2.75, 3.05) is 19.4 Å². The number of pyridine rings is 5. The van der Waals surface area contributed by atoms with Gasteiger partial charge >= 0.3 is 7.05 Å². The molecule has 0 saturated heterocycles. The third kappa shape index (κ3) is 10.2. The zero-order chi connectivity index (χ0) is 52.4. The van der Waals surface area contributed by atoms with Crippen LogP contribution in [0.15, 0.2) is 118 Å². The molecule has 3 unspecified atom stereocenters. The standard InChI is InChI=1S/C19H18N2O2.C18H16N2O2.C12H15NO3.C8H10BNO2/c1-11-15(12(2)23-3)9-17-18-14(10-21(17)19(11)22)8-13-6-4-5-7-16(13)20-18;1-10-14(11(2)21)8-16-17-13(9-20(16)18(10)22)7-12-5-3-4-6-15(12)19-17;1-7-9(8(2)16-3)6-10-11(14)4-5-13(10)12(7)15;1-9(12)10-8-5-3-2-4-7(8)6-11/h4-9,12H,10H2,1-3H3;3-8,11,21H,9H2,1-2H3;6,8H,4-5H2,1-3H3;2-6,10,12H,1H3. The van der Waals surface area contributed by atoms with Crippen LogP contribution in [0.1, 0.15) is 111 Å². The number of Topliss-reactive ketones (excluding diaryl/α,β-unsaturated/α-hetero) is 1. The Hall–Kier alpha value is -7.63. The molecule has 0 radical (unpaired) electrons. The first-order chi connectivity index (χ1) is 34.9. The zero-order valence-electron chi connectivity index (χ0n) is 42.5. The fraction of sp³-hybridized carbons (Fsp3) is 0.281. The van der Waals surface area contributed by atoms with Gasteiger partial charge in [-0.25, -0.2) is 9.97 Å². The minimum Gasteiger partial charge on any atom is -0.433 e. The molecule has 3 atom stereocenters. The molecular formula is C57H59BN6O9. The molecule has 0 amide bonds. The van der Waals surface area contributed by atoms with Crippen LogP contribution in [-0.2, 0) is 29.1 Å². The van der Waals surface area contributed by atoms with Gasteiger partial charge in [-0.05, 0) is 120 Å². The first-order valence-corrected chi connectivity index (χ1v) is 24.2. The number of carbonyl (C=O) groups excluding carboxylic acids is 2. The van der Waals surface area contributed by atoms with E-state index in [-0.39, 0.29) is 34.7 Å². The van der Waals surface area contributed by atoms with E-state index in [1.54, 1.807) is 81.3 Å². The van der Waals surface area contributed by atoms with E-state index in [1.165, 1.54) is 0 Å². The van der Waals surface area contributed by atoms with E-state index in [4.69, 9.17) is 24.5 Å². The van der Waals surface area contributed by atoms with E-state index >= 15 is 0 Å². The van der Waals surface area contributed by atoms with Crippen LogP contribution < -0.4 is 21.9 Å². The van der Waals surface area contributed by atoms with Gasteiger partial charge in [0.05, 0.1) is 70.9 Å². The summed E-state index contributed by atoms with van der Waals surface area (Å²) in [5.74, 6) is 0.0432. The molecular weight excluding hydrogens is 923 g/mol. The highest BCUT2D eigenvalue weighted by molar-refractivity contribution is 6.53. The highest BCUT2D eigenvalue weighted by Crippen LogP contribution is 2.35. The topological polar surface area (TPSA) is 197 Å². The monoisotopic (exact) mass is 982 g/mol. The van der Waals surface area contributed by atoms with Gasteiger partial charge in [0.25, 0.3) is 16.7 Å². The summed E-state index contributed by atoms with van der Waals surface area (Å²) in [4.78, 5) is 68.9. The number of para-hydroxylation sites is 3. The van der Waals surface area contributed by atoms with E-state index in [2.05, 4.69) is 29.5 Å². The van der Waals surface area contributed by atoms with Crippen molar-refractivity contribution in [3.63, 3.8) is 0 Å². The van der Waals surface area contributed by atoms with Crippen LogP contribution in [0.5, 0.6) is 0 Å². The van der Waals surface area contributed by atoms with Crippen molar-refractivity contribution in [1.82, 2.24) is 23.7 Å². The maximum absolute atomic E-state index is 12.7. The van der Waals surface area contributed by atoms with Crippen molar-refractivity contribution in [1.29, 1.82) is 0 Å². The fourth-order valence-electron chi connectivity index (χ4n) is 9.64. The Bertz CT molecular complexity index is 3640. The Labute approximate surface area is 422 Å². The van der Waals surface area contributed by atoms with Crippen LogP contribution >= 0.6 is 0 Å². The Morgan fingerprint density at radius 1 is 0.630 bits per heavy atom. The summed E-state index contributed by atoms with van der Waals surface area (Å²) in [5.41, 5.74) is 13.6. The van der Waals surface area contributed by atoms with Gasteiger partial charge in [0.1, 0.15) is 0 Å². The second-order valence-corrected chi connectivity index (χ2v) is 18.6. The molecule has 15 nitrogen and oxygen atoms in total. The molecule has 73 heavy (non-hydrogen) atoms. The van der Waals surface area contributed by atoms with Crippen molar-refractivity contribution in [2.45, 2.75) is 92.7 Å². The van der Waals surface area contributed by atoms with E-state index in [0.29, 0.717) is 59.7 Å². The molecule has 3 aromatic carbocycles. The number of aldehydes is 1. The van der Waals surface area contributed by atoms with Crippen molar-refractivity contribution in [3.8, 4) is 22.8 Å². The number of ketones is 1. The number of carbonyl (C=O) groups is 2. The number of rotatable bonds is 8. The van der Waals surface area contributed by atoms with Crippen LogP contribution in [0.2, 0.25) is 6.82 Å². The summed E-state index contributed by atoms with van der Waals surface area (Å²) >= 11 is 0. The van der Waals surface area contributed by atoms with Crippen molar-refractivity contribution in [3.05, 3.63) is 190 Å². The minimum atomic E-state index is -0.664. The number of methoxy groups -OCH3 is 2. The molecule has 0 aliphatic carbocycles. The van der Waals surface area contributed by atoms with Crippen LogP contribution in [-0.4, -0.2) is 67.1 Å². The number of aromatic nitrogens is 5. The number of ether oxygens (including phenoxy) is 2. The van der Waals surface area contributed by atoms with Crippen LogP contribution in [0, 0.1) is 20.8 Å². The third-order valence-corrected chi connectivity index (χ3v) is 13.8. The highest BCUT2D eigenvalue weighted by atomic mass is 16.5. The van der Waals surface area contributed by atoms with Gasteiger partial charge in [-0.1, -0.05) is 48.5 Å². The summed E-state index contributed by atoms with van der Waals surface area (Å²) in [7, 11) is 2.61. The molecule has 374 valence electrons. The number of nitrogens with zero attached hydrogens (tertiary/aromatic N) is 5. The predicted octanol–water partition coefficient (Wildman–Crippen LogP) is 8.70. The van der Waals surface area contributed by atoms with Gasteiger partial charge in [-0.2, -0.15) is 0 Å². The number of fused-ring (bicyclic) bond motifs is 9. The molecule has 5 aromatic heterocycles. The zero-order valence-corrected chi connectivity index (χ0v) is 42.5. The summed E-state index contributed by atoms with van der Waals surface area (Å²) < 4.78 is 15.8. The van der Waals surface area contributed by atoms with Gasteiger partial charge < -0.3 is 38.5 Å². The maximum Gasteiger partial charge on any atom is 0.406 e. The van der Waals surface area contributed by atoms with Gasteiger partial charge in [-0.3, -0.25) is 24.0 Å². The maximum atomic E-state index is 12.7. The fourth-order valence-corrected chi connectivity index (χ4v) is 9.64.